The predicted molar refractivity (Wildman–Crippen MR) is 119 cm³/mol. The fourth-order valence-electron chi connectivity index (χ4n) is 3.43. The molecule has 1 atom stereocenters. The molecule has 1 aliphatic carbocycles. The fraction of sp³-hybridized carbons (Fsp3) is 0.304. The van der Waals surface area contributed by atoms with Crippen LogP contribution in [0.15, 0.2) is 64.5 Å². The Bertz CT molecular complexity index is 1170. The Labute approximate surface area is 179 Å². The lowest BCUT2D eigenvalue weighted by molar-refractivity contribution is -0.117. The highest BCUT2D eigenvalue weighted by Gasteiger charge is 2.31. The number of thioether (sulfide) groups is 1. The minimum Gasteiger partial charge on any atom is -0.310 e. The fourth-order valence-corrected chi connectivity index (χ4v) is 4.47. The van der Waals surface area contributed by atoms with E-state index in [4.69, 9.17) is 10.2 Å². The van der Waals surface area contributed by atoms with Gasteiger partial charge in [0.1, 0.15) is 0 Å². The zero-order chi connectivity index (χ0) is 21.1. The van der Waals surface area contributed by atoms with E-state index in [9.17, 15) is 9.59 Å². The number of fused-ring (bicyclic) bond motifs is 1. The highest BCUT2D eigenvalue weighted by atomic mass is 32.2. The minimum atomic E-state index is -0.457. The zero-order valence-corrected chi connectivity index (χ0v) is 17.5. The molecular weight excluding hydrogens is 396 g/mol. The van der Waals surface area contributed by atoms with E-state index >= 15 is 0 Å². The molecule has 1 heterocycles. The van der Waals surface area contributed by atoms with Crippen LogP contribution in [0.1, 0.15) is 32.2 Å². The first-order valence-corrected chi connectivity index (χ1v) is 10.9. The zero-order valence-electron chi connectivity index (χ0n) is 16.7. The summed E-state index contributed by atoms with van der Waals surface area (Å²) in [7, 11) is 0. The van der Waals surface area contributed by atoms with E-state index < -0.39 is 5.25 Å². The molecule has 0 aliphatic heterocycles. The Morgan fingerprint density at radius 1 is 1.23 bits per heavy atom. The first kappa shape index (κ1) is 20.2. The van der Waals surface area contributed by atoms with Crippen molar-refractivity contribution >= 4 is 34.3 Å². The molecule has 1 aliphatic rings. The third-order valence-electron chi connectivity index (χ3n) is 5.10. The van der Waals surface area contributed by atoms with Crippen LogP contribution < -0.4 is 10.5 Å². The summed E-state index contributed by atoms with van der Waals surface area (Å²) in [5, 5.41) is 9.74. The number of aromatic nitrogens is 2. The molecule has 1 aromatic heterocycles. The number of anilines is 1. The molecule has 152 valence electrons. The molecule has 0 saturated heterocycles. The van der Waals surface area contributed by atoms with Gasteiger partial charge in [0.2, 0.25) is 5.91 Å². The number of hydrogen-bond acceptors (Lipinski definition) is 5. The molecule has 4 rings (SSSR count). The Kier molecular flexibility index (Phi) is 5.86. The summed E-state index contributed by atoms with van der Waals surface area (Å²) in [5.74, 6) is -0.105. The standard InChI is InChI=1S/C23H22N4O2S/c1-16(21(28)26(15-7-14-24)17-8-3-2-4-9-17)30-23-25-20-11-6-5-10-19(20)22(29)27(23)18-12-13-18/h2-6,8-11,16,18H,7,12-13,15H2,1H3. The van der Waals surface area contributed by atoms with Gasteiger partial charge in [0.25, 0.3) is 5.56 Å². The van der Waals surface area contributed by atoms with Crippen LogP contribution in [0.25, 0.3) is 10.9 Å². The van der Waals surface area contributed by atoms with Crippen molar-refractivity contribution in [2.75, 3.05) is 11.4 Å². The molecule has 0 bridgehead atoms. The number of carbonyl (C=O) groups excluding carboxylic acids is 1. The molecule has 0 radical (unpaired) electrons. The number of nitrogens with zero attached hydrogens (tertiary/aromatic N) is 4. The van der Waals surface area contributed by atoms with Crippen LogP contribution in [0.2, 0.25) is 0 Å². The maximum Gasteiger partial charge on any atom is 0.262 e. The van der Waals surface area contributed by atoms with Gasteiger partial charge in [0.05, 0.1) is 28.6 Å². The van der Waals surface area contributed by atoms with Crippen molar-refractivity contribution in [3.63, 3.8) is 0 Å². The summed E-state index contributed by atoms with van der Waals surface area (Å²) in [6.07, 6.45) is 2.15. The molecule has 0 N–H and O–H groups in total. The molecule has 3 aromatic rings. The van der Waals surface area contributed by atoms with Crippen LogP contribution >= 0.6 is 11.8 Å². The van der Waals surface area contributed by atoms with E-state index in [1.54, 1.807) is 15.5 Å². The van der Waals surface area contributed by atoms with Gasteiger partial charge in [0, 0.05) is 18.3 Å². The second-order valence-electron chi connectivity index (χ2n) is 7.31. The van der Waals surface area contributed by atoms with Crippen LogP contribution in [0.5, 0.6) is 0 Å². The summed E-state index contributed by atoms with van der Waals surface area (Å²) >= 11 is 1.31. The second-order valence-corrected chi connectivity index (χ2v) is 8.62. The molecule has 7 heteroatoms. The van der Waals surface area contributed by atoms with Crippen molar-refractivity contribution in [2.24, 2.45) is 0 Å². The van der Waals surface area contributed by atoms with Gasteiger partial charge in [0.15, 0.2) is 5.16 Å². The number of rotatable bonds is 7. The molecule has 1 amide bonds. The predicted octanol–water partition coefficient (Wildman–Crippen LogP) is 4.16. The van der Waals surface area contributed by atoms with Crippen LogP contribution in [0.3, 0.4) is 0 Å². The monoisotopic (exact) mass is 418 g/mol. The average Bonchev–Trinajstić information content (AvgIpc) is 3.60. The summed E-state index contributed by atoms with van der Waals surface area (Å²) in [6, 6.07) is 19.0. The van der Waals surface area contributed by atoms with Gasteiger partial charge >= 0.3 is 0 Å². The second kappa shape index (κ2) is 8.72. The molecule has 6 nitrogen and oxygen atoms in total. The Hall–Kier alpha value is -3.11. The number of amides is 1. The van der Waals surface area contributed by atoms with Crippen molar-refractivity contribution in [2.45, 2.75) is 42.6 Å². The van der Waals surface area contributed by atoms with Gasteiger partial charge in [-0.05, 0) is 44.0 Å². The first-order chi connectivity index (χ1) is 14.6. The lowest BCUT2D eigenvalue weighted by Crippen LogP contribution is -2.37. The van der Waals surface area contributed by atoms with Gasteiger partial charge in [-0.1, -0.05) is 42.1 Å². The third-order valence-corrected chi connectivity index (χ3v) is 6.15. The first-order valence-electron chi connectivity index (χ1n) is 10.0. The Morgan fingerprint density at radius 3 is 2.63 bits per heavy atom. The number of carbonyl (C=O) groups is 1. The molecule has 1 saturated carbocycles. The SMILES string of the molecule is CC(Sc1nc2ccccc2c(=O)n1C1CC1)C(=O)N(CCC#N)c1ccccc1. The van der Waals surface area contributed by atoms with Crippen LogP contribution in [0, 0.1) is 11.3 Å². The Balaban J connectivity index is 1.65. The van der Waals surface area contributed by atoms with E-state index in [0.29, 0.717) is 22.6 Å². The Morgan fingerprint density at radius 2 is 1.93 bits per heavy atom. The maximum absolute atomic E-state index is 13.3. The number of para-hydroxylation sites is 2. The van der Waals surface area contributed by atoms with E-state index in [1.807, 2.05) is 55.5 Å². The summed E-state index contributed by atoms with van der Waals surface area (Å²) in [4.78, 5) is 32.7. The van der Waals surface area contributed by atoms with Crippen LogP contribution in [0.4, 0.5) is 5.69 Å². The topological polar surface area (TPSA) is 79.0 Å². The van der Waals surface area contributed by atoms with Crippen molar-refractivity contribution in [3.8, 4) is 6.07 Å². The number of nitriles is 1. The summed E-state index contributed by atoms with van der Waals surface area (Å²) in [5.41, 5.74) is 1.36. The minimum absolute atomic E-state index is 0.0466. The van der Waals surface area contributed by atoms with Gasteiger partial charge in [-0.2, -0.15) is 5.26 Å². The van der Waals surface area contributed by atoms with E-state index in [0.717, 1.165) is 18.5 Å². The summed E-state index contributed by atoms with van der Waals surface area (Å²) < 4.78 is 1.75. The van der Waals surface area contributed by atoms with Gasteiger partial charge < -0.3 is 4.90 Å². The quantitative estimate of drug-likeness (QED) is 0.425. The summed E-state index contributed by atoms with van der Waals surface area (Å²) in [6.45, 7) is 2.15. The maximum atomic E-state index is 13.3. The van der Waals surface area contributed by atoms with Gasteiger partial charge in [-0.3, -0.25) is 14.2 Å². The van der Waals surface area contributed by atoms with Crippen molar-refractivity contribution < 1.29 is 4.79 Å². The molecule has 0 spiro atoms. The molecule has 1 fully saturated rings. The van der Waals surface area contributed by atoms with Gasteiger partial charge in [-0.15, -0.1) is 0 Å². The van der Waals surface area contributed by atoms with Gasteiger partial charge in [-0.25, -0.2) is 4.98 Å². The van der Waals surface area contributed by atoms with Crippen molar-refractivity contribution in [1.29, 1.82) is 5.26 Å². The highest BCUT2D eigenvalue weighted by Crippen LogP contribution is 2.38. The number of benzene rings is 2. The highest BCUT2D eigenvalue weighted by molar-refractivity contribution is 8.00. The molecular formula is C23H22N4O2S. The van der Waals surface area contributed by atoms with E-state index in [2.05, 4.69) is 6.07 Å². The normalized spacial score (nSPS) is 14.3. The van der Waals surface area contributed by atoms with E-state index in [1.165, 1.54) is 11.8 Å². The number of hydrogen-bond donors (Lipinski definition) is 0. The largest absolute Gasteiger partial charge is 0.310 e. The lowest BCUT2D eigenvalue weighted by atomic mass is 10.2. The van der Waals surface area contributed by atoms with Crippen molar-refractivity contribution in [3.05, 3.63) is 65.0 Å². The smallest absolute Gasteiger partial charge is 0.262 e. The molecule has 2 aromatic carbocycles. The molecule has 1 unspecified atom stereocenters. The lowest BCUT2D eigenvalue weighted by Gasteiger charge is -2.25. The third kappa shape index (κ3) is 4.10. The van der Waals surface area contributed by atoms with Crippen molar-refractivity contribution in [1.82, 2.24) is 9.55 Å². The van der Waals surface area contributed by atoms with E-state index in [-0.39, 0.29) is 23.9 Å². The van der Waals surface area contributed by atoms with Crippen LogP contribution in [-0.2, 0) is 4.79 Å². The average molecular weight is 419 g/mol. The molecule has 30 heavy (non-hydrogen) atoms. The van der Waals surface area contributed by atoms with Crippen LogP contribution in [-0.4, -0.2) is 27.3 Å².